The lowest BCUT2D eigenvalue weighted by atomic mass is 10.1. The van der Waals surface area contributed by atoms with Crippen LogP contribution in [0.15, 0.2) is 48.5 Å². The maximum Gasteiger partial charge on any atom is 0.244 e. The molecule has 0 saturated heterocycles. The van der Waals surface area contributed by atoms with Gasteiger partial charge in [-0.2, -0.15) is 0 Å². The molecule has 1 atom stereocenters. The number of benzene rings is 2. The van der Waals surface area contributed by atoms with Crippen LogP contribution in [0.4, 0.5) is 5.69 Å². The van der Waals surface area contributed by atoms with Gasteiger partial charge in [0.15, 0.2) is 0 Å². The Labute approximate surface area is 205 Å². The molecule has 7 nitrogen and oxygen atoms in total. The molecule has 0 aliphatic carbocycles. The van der Waals surface area contributed by atoms with E-state index in [0.29, 0.717) is 16.6 Å². The summed E-state index contributed by atoms with van der Waals surface area (Å²) in [4.78, 5) is 27.5. The van der Waals surface area contributed by atoms with Crippen LogP contribution in [0.25, 0.3) is 0 Å². The lowest BCUT2D eigenvalue weighted by Crippen LogP contribution is -2.51. The summed E-state index contributed by atoms with van der Waals surface area (Å²) in [6.45, 7) is 3.78. The van der Waals surface area contributed by atoms with E-state index in [2.05, 4.69) is 5.32 Å². The second kappa shape index (κ2) is 12.3. The zero-order chi connectivity index (χ0) is 24.6. The fourth-order valence-electron chi connectivity index (χ4n) is 3.15. The van der Waals surface area contributed by atoms with Crippen LogP contribution in [0.2, 0.25) is 10.0 Å². The van der Waals surface area contributed by atoms with Gasteiger partial charge in [0.1, 0.15) is 12.6 Å². The Morgan fingerprint density at radius 2 is 1.73 bits per heavy atom. The Morgan fingerprint density at radius 3 is 2.30 bits per heavy atom. The second-order valence-electron chi connectivity index (χ2n) is 7.72. The predicted molar refractivity (Wildman–Crippen MR) is 133 cm³/mol. The molecule has 2 rings (SSSR count). The van der Waals surface area contributed by atoms with Gasteiger partial charge in [0.2, 0.25) is 21.8 Å². The summed E-state index contributed by atoms with van der Waals surface area (Å²) in [5, 5.41) is 3.72. The first-order valence-electron chi connectivity index (χ1n) is 10.6. The highest BCUT2D eigenvalue weighted by Gasteiger charge is 2.30. The summed E-state index contributed by atoms with van der Waals surface area (Å²) < 4.78 is 26.0. The van der Waals surface area contributed by atoms with E-state index in [1.54, 1.807) is 49.4 Å². The predicted octanol–water partition coefficient (Wildman–Crippen LogP) is 4.09. The van der Waals surface area contributed by atoms with Crippen LogP contribution >= 0.6 is 23.2 Å². The highest BCUT2D eigenvalue weighted by atomic mass is 35.5. The third-order valence-corrected chi connectivity index (χ3v) is 6.67. The first-order valence-corrected chi connectivity index (χ1v) is 13.2. The molecule has 0 unspecified atom stereocenters. The number of anilines is 1. The number of carbonyl (C=O) groups excluding carboxylic acids is 2. The first kappa shape index (κ1) is 27.0. The third kappa shape index (κ3) is 8.21. The van der Waals surface area contributed by atoms with Gasteiger partial charge in [-0.05, 0) is 49.2 Å². The minimum absolute atomic E-state index is 0.117. The largest absolute Gasteiger partial charge is 0.354 e. The molecule has 0 aromatic heterocycles. The number of nitrogens with one attached hydrogen (secondary N) is 1. The van der Waals surface area contributed by atoms with Gasteiger partial charge in [-0.3, -0.25) is 13.9 Å². The molecule has 0 spiro atoms. The number of rotatable bonds is 11. The van der Waals surface area contributed by atoms with Crippen molar-refractivity contribution in [2.45, 2.75) is 39.3 Å². The maximum atomic E-state index is 13.4. The van der Waals surface area contributed by atoms with Crippen molar-refractivity contribution < 1.29 is 18.0 Å². The number of unbranched alkanes of at least 4 members (excludes halogenated alkanes) is 1. The van der Waals surface area contributed by atoms with Crippen LogP contribution in [-0.4, -0.2) is 50.5 Å². The summed E-state index contributed by atoms with van der Waals surface area (Å²) in [5.41, 5.74) is 1.03. The summed E-state index contributed by atoms with van der Waals surface area (Å²) in [5.74, 6) is -0.826. The minimum Gasteiger partial charge on any atom is -0.354 e. The van der Waals surface area contributed by atoms with Gasteiger partial charge in [-0.25, -0.2) is 8.42 Å². The number of nitrogens with zero attached hydrogens (tertiary/aromatic N) is 2. The minimum atomic E-state index is -3.80. The Morgan fingerprint density at radius 1 is 1.06 bits per heavy atom. The Kier molecular flexibility index (Phi) is 10.0. The van der Waals surface area contributed by atoms with Crippen LogP contribution in [0.1, 0.15) is 32.3 Å². The fourth-order valence-corrected chi connectivity index (χ4v) is 4.30. The topological polar surface area (TPSA) is 86.8 Å². The van der Waals surface area contributed by atoms with Crippen molar-refractivity contribution in [1.82, 2.24) is 10.2 Å². The van der Waals surface area contributed by atoms with Gasteiger partial charge < -0.3 is 10.2 Å². The number of sulfonamides is 1. The Bertz CT molecular complexity index is 1060. The summed E-state index contributed by atoms with van der Waals surface area (Å²) in [6, 6.07) is 12.3. The van der Waals surface area contributed by atoms with Crippen LogP contribution in [0.3, 0.4) is 0 Å². The van der Waals surface area contributed by atoms with E-state index >= 15 is 0 Å². The summed E-state index contributed by atoms with van der Waals surface area (Å²) in [7, 11) is -3.80. The van der Waals surface area contributed by atoms with Gasteiger partial charge in [0.25, 0.3) is 0 Å². The molecule has 0 radical (unpaired) electrons. The van der Waals surface area contributed by atoms with Gasteiger partial charge >= 0.3 is 0 Å². The molecule has 33 heavy (non-hydrogen) atoms. The van der Waals surface area contributed by atoms with Crippen molar-refractivity contribution in [2.75, 3.05) is 23.7 Å². The molecule has 2 aromatic rings. The van der Waals surface area contributed by atoms with Crippen molar-refractivity contribution in [1.29, 1.82) is 0 Å². The van der Waals surface area contributed by atoms with Crippen LogP contribution in [0, 0.1) is 0 Å². The smallest absolute Gasteiger partial charge is 0.244 e. The standard InChI is InChI=1S/C23H29Cl2N3O4S/c1-4-5-13-26-23(30)17(2)27(15-18-9-11-19(24)12-10-18)22(29)16-28(33(3,31)32)21-8-6-7-20(25)14-21/h6-12,14,17H,4-5,13,15-16H2,1-3H3,(H,26,30)/t17-/m0/s1. The van der Waals surface area contributed by atoms with Crippen molar-refractivity contribution >= 4 is 50.7 Å². The van der Waals surface area contributed by atoms with Gasteiger partial charge in [0.05, 0.1) is 11.9 Å². The molecule has 2 aromatic carbocycles. The maximum absolute atomic E-state index is 13.4. The van der Waals surface area contributed by atoms with E-state index in [1.807, 2.05) is 6.92 Å². The molecule has 10 heteroatoms. The molecule has 0 saturated carbocycles. The summed E-state index contributed by atoms with van der Waals surface area (Å²) >= 11 is 12.0. The quantitative estimate of drug-likeness (QED) is 0.458. The van der Waals surface area contributed by atoms with Crippen LogP contribution < -0.4 is 9.62 Å². The average molecular weight is 514 g/mol. The molecular weight excluding hydrogens is 485 g/mol. The zero-order valence-corrected chi connectivity index (χ0v) is 21.3. The van der Waals surface area contributed by atoms with Gasteiger partial charge in [-0.1, -0.05) is 54.7 Å². The highest BCUT2D eigenvalue weighted by Crippen LogP contribution is 2.22. The molecule has 2 amide bonds. The van der Waals surface area contributed by atoms with E-state index < -0.39 is 28.5 Å². The van der Waals surface area contributed by atoms with Crippen molar-refractivity contribution in [2.24, 2.45) is 0 Å². The molecule has 0 bridgehead atoms. The fraction of sp³-hybridized carbons (Fsp3) is 0.391. The SMILES string of the molecule is CCCCNC(=O)[C@H](C)N(Cc1ccc(Cl)cc1)C(=O)CN(c1cccc(Cl)c1)S(C)(=O)=O. The number of hydrogen-bond donors (Lipinski definition) is 1. The van der Waals surface area contributed by atoms with Crippen LogP contribution in [0.5, 0.6) is 0 Å². The van der Waals surface area contributed by atoms with Crippen molar-refractivity contribution in [3.05, 3.63) is 64.1 Å². The molecular formula is C23H29Cl2N3O4S. The Balaban J connectivity index is 2.33. The zero-order valence-electron chi connectivity index (χ0n) is 18.9. The normalized spacial score (nSPS) is 12.2. The molecule has 0 heterocycles. The molecule has 0 fully saturated rings. The summed E-state index contributed by atoms with van der Waals surface area (Å²) in [6.07, 6.45) is 2.76. The highest BCUT2D eigenvalue weighted by molar-refractivity contribution is 7.92. The van der Waals surface area contributed by atoms with Gasteiger partial charge in [-0.15, -0.1) is 0 Å². The molecule has 1 N–H and O–H groups in total. The third-order valence-electron chi connectivity index (χ3n) is 5.04. The van der Waals surface area contributed by atoms with Crippen molar-refractivity contribution in [3.8, 4) is 0 Å². The van der Waals surface area contributed by atoms with Gasteiger partial charge in [0, 0.05) is 23.1 Å². The molecule has 180 valence electrons. The first-order chi connectivity index (χ1) is 15.5. The average Bonchev–Trinajstić information content (AvgIpc) is 2.75. The number of halogens is 2. The Hall–Kier alpha value is -2.29. The van der Waals surface area contributed by atoms with E-state index in [9.17, 15) is 18.0 Å². The lowest BCUT2D eigenvalue weighted by molar-refractivity contribution is -0.139. The number of hydrogen-bond acceptors (Lipinski definition) is 4. The number of carbonyl (C=O) groups is 2. The van der Waals surface area contributed by atoms with E-state index in [-0.39, 0.29) is 18.1 Å². The molecule has 0 aliphatic heterocycles. The van der Waals surface area contributed by atoms with Crippen LogP contribution in [-0.2, 0) is 26.2 Å². The van der Waals surface area contributed by atoms with E-state index in [0.717, 1.165) is 29.0 Å². The second-order valence-corrected chi connectivity index (χ2v) is 10.5. The van der Waals surface area contributed by atoms with E-state index in [1.165, 1.54) is 11.0 Å². The monoisotopic (exact) mass is 513 g/mol. The number of amides is 2. The lowest BCUT2D eigenvalue weighted by Gasteiger charge is -2.31. The van der Waals surface area contributed by atoms with Crippen molar-refractivity contribution in [3.63, 3.8) is 0 Å². The molecule has 0 aliphatic rings. The van der Waals surface area contributed by atoms with E-state index in [4.69, 9.17) is 23.2 Å².